The largest absolute Gasteiger partial charge is 0.327 e. The average molecular weight is 276 g/mol. The molecular weight excluding hydrogens is 256 g/mol. The first kappa shape index (κ1) is 14.5. The van der Waals surface area contributed by atoms with Crippen molar-refractivity contribution in [2.75, 3.05) is 19.6 Å². The maximum Gasteiger partial charge on any atom is 0.269 e. The normalized spacial score (nSPS) is 19.4. The molecule has 108 valence electrons. The predicted molar refractivity (Wildman–Crippen MR) is 75.7 cm³/mol. The van der Waals surface area contributed by atoms with E-state index in [4.69, 9.17) is 5.73 Å². The lowest BCUT2D eigenvalue weighted by Gasteiger charge is -2.29. The lowest BCUT2D eigenvalue weighted by molar-refractivity contribution is -0.123. The van der Waals surface area contributed by atoms with Crippen LogP contribution in [0.3, 0.4) is 0 Å². The van der Waals surface area contributed by atoms with Crippen molar-refractivity contribution >= 4 is 11.8 Å². The van der Waals surface area contributed by atoms with Crippen LogP contribution < -0.4 is 16.6 Å². The van der Waals surface area contributed by atoms with Gasteiger partial charge in [-0.05, 0) is 31.5 Å². The summed E-state index contributed by atoms with van der Waals surface area (Å²) in [5, 5.41) is 0. The molecule has 1 unspecified atom stereocenters. The standard InChI is InChI=1S/C14H20N4O2/c15-12-7-4-8-18(9-12)10-13(19)16-17-14(20)11-5-2-1-3-6-11/h1-3,5-6,12H,4,7-10,15H2,(H,16,19)(H,17,20). The second kappa shape index (κ2) is 7.02. The molecule has 0 aliphatic carbocycles. The molecule has 1 atom stereocenters. The van der Waals surface area contributed by atoms with Crippen LogP contribution in [0, 0.1) is 0 Å². The third-order valence-electron chi connectivity index (χ3n) is 3.26. The van der Waals surface area contributed by atoms with Crippen LogP contribution >= 0.6 is 0 Å². The van der Waals surface area contributed by atoms with Crippen LogP contribution in [0.2, 0.25) is 0 Å². The second-order valence-corrected chi connectivity index (χ2v) is 5.01. The monoisotopic (exact) mass is 276 g/mol. The number of rotatable bonds is 3. The average Bonchev–Trinajstić information content (AvgIpc) is 2.46. The summed E-state index contributed by atoms with van der Waals surface area (Å²) in [6.45, 7) is 1.84. The van der Waals surface area contributed by atoms with Crippen LogP contribution in [0.1, 0.15) is 23.2 Å². The number of piperidine rings is 1. The van der Waals surface area contributed by atoms with E-state index in [1.54, 1.807) is 24.3 Å². The Balaban J connectivity index is 1.73. The van der Waals surface area contributed by atoms with Gasteiger partial charge in [0.2, 0.25) is 0 Å². The fourth-order valence-corrected chi connectivity index (χ4v) is 2.27. The number of carbonyl (C=O) groups excluding carboxylic acids is 2. The van der Waals surface area contributed by atoms with Crippen molar-refractivity contribution in [3.63, 3.8) is 0 Å². The molecule has 0 aromatic heterocycles. The quantitative estimate of drug-likeness (QED) is 0.671. The summed E-state index contributed by atoms with van der Waals surface area (Å²) in [7, 11) is 0. The highest BCUT2D eigenvalue weighted by Gasteiger charge is 2.18. The number of carbonyl (C=O) groups is 2. The Kier molecular flexibility index (Phi) is 5.09. The molecule has 1 aliphatic heterocycles. The number of nitrogens with zero attached hydrogens (tertiary/aromatic N) is 1. The Hall–Kier alpha value is -1.92. The predicted octanol–water partition coefficient (Wildman–Crippen LogP) is -0.129. The molecule has 6 heteroatoms. The van der Waals surface area contributed by atoms with Crippen molar-refractivity contribution in [1.29, 1.82) is 0 Å². The molecule has 1 aliphatic rings. The number of benzene rings is 1. The minimum Gasteiger partial charge on any atom is -0.327 e. The van der Waals surface area contributed by atoms with E-state index in [1.165, 1.54) is 0 Å². The molecule has 4 N–H and O–H groups in total. The Morgan fingerprint density at radius 1 is 1.25 bits per heavy atom. The molecule has 0 spiro atoms. The maximum absolute atomic E-state index is 11.7. The Labute approximate surface area is 118 Å². The van der Waals surface area contributed by atoms with Gasteiger partial charge in [0.1, 0.15) is 0 Å². The zero-order chi connectivity index (χ0) is 14.4. The highest BCUT2D eigenvalue weighted by atomic mass is 16.2. The van der Waals surface area contributed by atoms with Gasteiger partial charge in [-0.1, -0.05) is 18.2 Å². The molecular formula is C14H20N4O2. The second-order valence-electron chi connectivity index (χ2n) is 5.01. The zero-order valence-corrected chi connectivity index (χ0v) is 11.3. The third kappa shape index (κ3) is 4.32. The van der Waals surface area contributed by atoms with Crippen LogP contribution in [0.15, 0.2) is 30.3 Å². The molecule has 0 saturated carbocycles. The number of hydrogen-bond donors (Lipinski definition) is 3. The molecule has 1 aromatic carbocycles. The van der Waals surface area contributed by atoms with E-state index >= 15 is 0 Å². The van der Waals surface area contributed by atoms with Gasteiger partial charge in [0.05, 0.1) is 6.54 Å². The van der Waals surface area contributed by atoms with Crippen molar-refractivity contribution in [3.05, 3.63) is 35.9 Å². The smallest absolute Gasteiger partial charge is 0.269 e. The van der Waals surface area contributed by atoms with Gasteiger partial charge in [-0.25, -0.2) is 0 Å². The minimum absolute atomic E-state index is 0.135. The van der Waals surface area contributed by atoms with Gasteiger partial charge in [0, 0.05) is 18.2 Å². The molecule has 2 amide bonds. The molecule has 6 nitrogen and oxygen atoms in total. The fourth-order valence-electron chi connectivity index (χ4n) is 2.27. The summed E-state index contributed by atoms with van der Waals surface area (Å²) < 4.78 is 0. The molecule has 1 heterocycles. The van der Waals surface area contributed by atoms with Crippen molar-refractivity contribution in [1.82, 2.24) is 15.8 Å². The number of likely N-dealkylation sites (tertiary alicyclic amines) is 1. The molecule has 1 fully saturated rings. The van der Waals surface area contributed by atoms with E-state index in [1.807, 2.05) is 11.0 Å². The molecule has 0 radical (unpaired) electrons. The van der Waals surface area contributed by atoms with Gasteiger partial charge in [0.25, 0.3) is 11.8 Å². The summed E-state index contributed by atoms with van der Waals surface area (Å²) >= 11 is 0. The van der Waals surface area contributed by atoms with Crippen LogP contribution in [0.5, 0.6) is 0 Å². The Bertz CT molecular complexity index is 464. The van der Waals surface area contributed by atoms with Gasteiger partial charge < -0.3 is 5.73 Å². The number of nitrogens with one attached hydrogen (secondary N) is 2. The SMILES string of the molecule is NC1CCCN(CC(=O)NNC(=O)c2ccccc2)C1. The summed E-state index contributed by atoms with van der Waals surface area (Å²) in [5.41, 5.74) is 11.2. The maximum atomic E-state index is 11.7. The van der Waals surface area contributed by atoms with Crippen molar-refractivity contribution < 1.29 is 9.59 Å². The van der Waals surface area contributed by atoms with Crippen LogP contribution in [-0.2, 0) is 4.79 Å². The summed E-state index contributed by atoms with van der Waals surface area (Å²) in [4.78, 5) is 25.5. The van der Waals surface area contributed by atoms with E-state index in [0.29, 0.717) is 5.56 Å². The number of amides is 2. The summed E-state index contributed by atoms with van der Waals surface area (Å²) in [5.74, 6) is -0.558. The van der Waals surface area contributed by atoms with Crippen LogP contribution in [-0.4, -0.2) is 42.4 Å². The molecule has 1 aromatic rings. The number of hydrogen-bond acceptors (Lipinski definition) is 4. The van der Waals surface area contributed by atoms with E-state index in [9.17, 15) is 9.59 Å². The van der Waals surface area contributed by atoms with Gasteiger partial charge in [0.15, 0.2) is 0 Å². The Morgan fingerprint density at radius 3 is 2.70 bits per heavy atom. The number of nitrogens with two attached hydrogens (primary N) is 1. The van der Waals surface area contributed by atoms with E-state index < -0.39 is 0 Å². The topological polar surface area (TPSA) is 87.5 Å². The van der Waals surface area contributed by atoms with Gasteiger partial charge in [-0.2, -0.15) is 0 Å². The van der Waals surface area contributed by atoms with Gasteiger partial charge in [-0.3, -0.25) is 25.3 Å². The first-order valence-electron chi connectivity index (χ1n) is 6.77. The molecule has 2 rings (SSSR count). The lowest BCUT2D eigenvalue weighted by atomic mass is 10.1. The highest BCUT2D eigenvalue weighted by Crippen LogP contribution is 2.07. The van der Waals surface area contributed by atoms with E-state index in [-0.39, 0.29) is 24.4 Å². The Morgan fingerprint density at radius 2 is 2.00 bits per heavy atom. The van der Waals surface area contributed by atoms with E-state index in [0.717, 1.165) is 25.9 Å². The highest BCUT2D eigenvalue weighted by molar-refractivity contribution is 5.95. The zero-order valence-electron chi connectivity index (χ0n) is 11.3. The van der Waals surface area contributed by atoms with Gasteiger partial charge >= 0.3 is 0 Å². The van der Waals surface area contributed by atoms with Crippen molar-refractivity contribution in [2.24, 2.45) is 5.73 Å². The van der Waals surface area contributed by atoms with Crippen LogP contribution in [0.4, 0.5) is 0 Å². The molecule has 1 saturated heterocycles. The fraction of sp³-hybridized carbons (Fsp3) is 0.429. The first-order chi connectivity index (χ1) is 9.65. The van der Waals surface area contributed by atoms with Crippen molar-refractivity contribution in [3.8, 4) is 0 Å². The third-order valence-corrected chi connectivity index (χ3v) is 3.26. The summed E-state index contributed by atoms with van der Waals surface area (Å²) in [6, 6.07) is 8.87. The van der Waals surface area contributed by atoms with Crippen LogP contribution in [0.25, 0.3) is 0 Å². The number of hydrazine groups is 1. The molecule has 20 heavy (non-hydrogen) atoms. The van der Waals surface area contributed by atoms with E-state index in [2.05, 4.69) is 10.9 Å². The molecule has 0 bridgehead atoms. The first-order valence-corrected chi connectivity index (χ1v) is 6.77. The van der Waals surface area contributed by atoms with Gasteiger partial charge in [-0.15, -0.1) is 0 Å². The minimum atomic E-state index is -0.325. The van der Waals surface area contributed by atoms with Crippen molar-refractivity contribution in [2.45, 2.75) is 18.9 Å². The summed E-state index contributed by atoms with van der Waals surface area (Å²) in [6.07, 6.45) is 2.01. The lowest BCUT2D eigenvalue weighted by Crippen LogP contribution is -2.50.